The highest BCUT2D eigenvalue weighted by molar-refractivity contribution is 5.02. The van der Waals surface area contributed by atoms with E-state index in [1.807, 2.05) is 0 Å². The highest BCUT2D eigenvalue weighted by Crippen LogP contribution is 2.27. The lowest BCUT2D eigenvalue weighted by molar-refractivity contribution is 0.261. The molecule has 0 radical (unpaired) electrons. The van der Waals surface area contributed by atoms with Gasteiger partial charge in [0.25, 0.3) is 0 Å². The molecule has 0 aliphatic heterocycles. The van der Waals surface area contributed by atoms with Crippen LogP contribution >= 0.6 is 0 Å². The summed E-state index contributed by atoms with van der Waals surface area (Å²) >= 11 is 0. The number of aliphatic hydroxyl groups excluding tert-OH is 1. The van der Waals surface area contributed by atoms with Crippen molar-refractivity contribution in [3.63, 3.8) is 0 Å². The summed E-state index contributed by atoms with van der Waals surface area (Å²) in [5.41, 5.74) is 0. The lowest BCUT2D eigenvalue weighted by atomic mass is 9.94. The molecule has 1 aliphatic rings. The zero-order valence-corrected chi connectivity index (χ0v) is 7.31. The first-order valence-corrected chi connectivity index (χ1v) is 4.48. The quantitative estimate of drug-likeness (QED) is 0.698. The predicted octanol–water partition coefficient (Wildman–Crippen LogP) is 1.39. The van der Waals surface area contributed by atoms with Crippen LogP contribution in [0.25, 0.3) is 0 Å². The molecule has 0 saturated carbocycles. The van der Waals surface area contributed by atoms with Crippen LogP contribution in [0.15, 0.2) is 16.7 Å². The summed E-state index contributed by atoms with van der Waals surface area (Å²) in [6.07, 6.45) is 7.40. The monoisotopic (exact) mass is 180 g/mol. The SMILES string of the molecule is OCc1noc(C2CC=CCC2)n1. The van der Waals surface area contributed by atoms with Crippen molar-refractivity contribution in [3.05, 3.63) is 23.9 Å². The average Bonchev–Trinajstić information content (AvgIpc) is 2.67. The van der Waals surface area contributed by atoms with Crippen molar-refractivity contribution in [1.29, 1.82) is 0 Å². The number of hydrogen-bond donors (Lipinski definition) is 1. The van der Waals surface area contributed by atoms with Crippen LogP contribution in [0.4, 0.5) is 0 Å². The standard InChI is InChI=1S/C9H12N2O2/c12-6-8-10-9(13-11-8)7-4-2-1-3-5-7/h1-2,7,12H,3-6H2. The molecule has 0 amide bonds. The van der Waals surface area contributed by atoms with Crippen molar-refractivity contribution in [2.45, 2.75) is 31.8 Å². The molecule has 1 aromatic heterocycles. The fourth-order valence-electron chi connectivity index (χ4n) is 1.52. The number of nitrogens with zero attached hydrogens (tertiary/aromatic N) is 2. The van der Waals surface area contributed by atoms with Crippen LogP contribution in [0.5, 0.6) is 0 Å². The van der Waals surface area contributed by atoms with Crippen LogP contribution in [-0.4, -0.2) is 15.2 Å². The summed E-state index contributed by atoms with van der Waals surface area (Å²) in [4.78, 5) is 4.09. The zero-order chi connectivity index (χ0) is 9.10. The Balaban J connectivity index is 2.10. The molecule has 0 saturated heterocycles. The van der Waals surface area contributed by atoms with Gasteiger partial charge in [-0.15, -0.1) is 0 Å². The van der Waals surface area contributed by atoms with Crippen molar-refractivity contribution >= 4 is 0 Å². The molecule has 0 spiro atoms. The van der Waals surface area contributed by atoms with Crippen LogP contribution < -0.4 is 0 Å². The summed E-state index contributed by atoms with van der Waals surface area (Å²) < 4.78 is 5.04. The van der Waals surface area contributed by atoms with Gasteiger partial charge >= 0.3 is 0 Å². The maximum absolute atomic E-state index is 8.75. The van der Waals surface area contributed by atoms with E-state index in [0.29, 0.717) is 17.6 Å². The Labute approximate surface area is 76.3 Å². The Morgan fingerprint density at radius 2 is 2.46 bits per heavy atom. The maximum atomic E-state index is 8.75. The van der Waals surface area contributed by atoms with Gasteiger partial charge in [-0.2, -0.15) is 4.98 Å². The van der Waals surface area contributed by atoms with Crippen molar-refractivity contribution in [2.75, 3.05) is 0 Å². The smallest absolute Gasteiger partial charge is 0.230 e. The molecule has 70 valence electrons. The molecule has 1 atom stereocenters. The van der Waals surface area contributed by atoms with Crippen LogP contribution in [0.3, 0.4) is 0 Å². The molecule has 1 aromatic rings. The van der Waals surface area contributed by atoms with Gasteiger partial charge in [0.2, 0.25) is 5.89 Å². The second kappa shape index (κ2) is 3.70. The lowest BCUT2D eigenvalue weighted by Gasteiger charge is -2.12. The summed E-state index contributed by atoms with van der Waals surface area (Å²) in [6, 6.07) is 0. The van der Waals surface area contributed by atoms with Crippen molar-refractivity contribution in [1.82, 2.24) is 10.1 Å². The largest absolute Gasteiger partial charge is 0.388 e. The van der Waals surface area contributed by atoms with Gasteiger partial charge in [-0.25, -0.2) is 0 Å². The molecule has 0 bridgehead atoms. The minimum absolute atomic E-state index is 0.147. The number of aliphatic hydroxyl groups is 1. The molecule has 13 heavy (non-hydrogen) atoms. The molecule has 0 fully saturated rings. The highest BCUT2D eigenvalue weighted by atomic mass is 16.5. The van der Waals surface area contributed by atoms with Crippen LogP contribution in [0.1, 0.15) is 36.9 Å². The molecular formula is C9H12N2O2. The number of aromatic nitrogens is 2. The number of allylic oxidation sites excluding steroid dienone is 2. The van der Waals surface area contributed by atoms with Gasteiger partial charge in [-0.1, -0.05) is 17.3 Å². The Kier molecular flexibility index (Phi) is 2.40. The average molecular weight is 180 g/mol. The molecule has 1 unspecified atom stereocenters. The van der Waals surface area contributed by atoms with Gasteiger partial charge < -0.3 is 9.63 Å². The molecule has 0 aromatic carbocycles. The summed E-state index contributed by atoms with van der Waals surface area (Å²) in [5, 5.41) is 12.4. The minimum atomic E-state index is -0.147. The second-order valence-electron chi connectivity index (χ2n) is 3.19. The van der Waals surface area contributed by atoms with E-state index in [1.54, 1.807) is 0 Å². The Bertz CT molecular complexity index is 306. The van der Waals surface area contributed by atoms with Crippen LogP contribution in [0, 0.1) is 0 Å². The van der Waals surface area contributed by atoms with E-state index < -0.39 is 0 Å². The third kappa shape index (κ3) is 1.78. The van der Waals surface area contributed by atoms with E-state index >= 15 is 0 Å². The molecular weight excluding hydrogens is 168 g/mol. The summed E-state index contributed by atoms with van der Waals surface area (Å²) in [6.45, 7) is -0.147. The molecule has 1 heterocycles. The number of hydrogen-bond acceptors (Lipinski definition) is 4. The van der Waals surface area contributed by atoms with Crippen molar-refractivity contribution < 1.29 is 9.63 Å². The second-order valence-corrected chi connectivity index (χ2v) is 3.19. The normalized spacial score (nSPS) is 22.1. The van der Waals surface area contributed by atoms with Gasteiger partial charge in [0.05, 0.1) is 0 Å². The van der Waals surface area contributed by atoms with E-state index in [1.165, 1.54) is 0 Å². The van der Waals surface area contributed by atoms with E-state index in [9.17, 15) is 0 Å². The Morgan fingerprint density at radius 3 is 3.08 bits per heavy atom. The Hall–Kier alpha value is -1.16. The predicted molar refractivity (Wildman–Crippen MR) is 46.0 cm³/mol. The van der Waals surface area contributed by atoms with E-state index in [0.717, 1.165) is 19.3 Å². The topological polar surface area (TPSA) is 59.2 Å². The molecule has 4 nitrogen and oxygen atoms in total. The maximum Gasteiger partial charge on any atom is 0.230 e. The van der Waals surface area contributed by atoms with Crippen molar-refractivity contribution in [3.8, 4) is 0 Å². The van der Waals surface area contributed by atoms with Gasteiger partial charge in [0.1, 0.15) is 6.61 Å². The van der Waals surface area contributed by atoms with Crippen molar-refractivity contribution in [2.24, 2.45) is 0 Å². The van der Waals surface area contributed by atoms with Gasteiger partial charge in [-0.3, -0.25) is 0 Å². The molecule has 1 N–H and O–H groups in total. The lowest BCUT2D eigenvalue weighted by Crippen LogP contribution is -2.01. The van der Waals surface area contributed by atoms with Crippen LogP contribution in [0.2, 0.25) is 0 Å². The highest BCUT2D eigenvalue weighted by Gasteiger charge is 2.18. The number of rotatable bonds is 2. The molecule has 2 rings (SSSR count). The van der Waals surface area contributed by atoms with Gasteiger partial charge in [-0.05, 0) is 19.3 Å². The van der Waals surface area contributed by atoms with E-state index in [2.05, 4.69) is 22.3 Å². The first-order chi connectivity index (χ1) is 6.40. The van der Waals surface area contributed by atoms with E-state index in [4.69, 9.17) is 9.63 Å². The summed E-state index contributed by atoms with van der Waals surface area (Å²) in [5.74, 6) is 1.38. The zero-order valence-electron chi connectivity index (χ0n) is 7.31. The fraction of sp³-hybridized carbons (Fsp3) is 0.556. The summed E-state index contributed by atoms with van der Waals surface area (Å²) in [7, 11) is 0. The molecule has 4 heteroatoms. The first kappa shape index (κ1) is 8.44. The van der Waals surface area contributed by atoms with Gasteiger partial charge in [0, 0.05) is 5.92 Å². The third-order valence-electron chi connectivity index (χ3n) is 2.24. The van der Waals surface area contributed by atoms with E-state index in [-0.39, 0.29) is 6.61 Å². The third-order valence-corrected chi connectivity index (χ3v) is 2.24. The fourth-order valence-corrected chi connectivity index (χ4v) is 1.52. The van der Waals surface area contributed by atoms with Gasteiger partial charge in [0.15, 0.2) is 5.82 Å². The molecule has 1 aliphatic carbocycles. The Morgan fingerprint density at radius 1 is 1.54 bits per heavy atom. The minimum Gasteiger partial charge on any atom is -0.388 e. The van der Waals surface area contributed by atoms with Crippen LogP contribution in [-0.2, 0) is 6.61 Å². The first-order valence-electron chi connectivity index (χ1n) is 4.48.